The van der Waals surface area contributed by atoms with Crippen LogP contribution in [0.2, 0.25) is 0 Å². The molecule has 1 heterocycles. The molecule has 0 aliphatic heterocycles. The molecule has 0 aliphatic rings. The Bertz CT molecular complexity index is 563. The fourth-order valence-corrected chi connectivity index (χ4v) is 1.60. The third-order valence-corrected chi connectivity index (χ3v) is 2.25. The number of non-ortho nitro benzene ring substituents is 1. The van der Waals surface area contributed by atoms with Crippen molar-refractivity contribution < 1.29 is 4.92 Å². The summed E-state index contributed by atoms with van der Waals surface area (Å²) in [6.45, 7) is 0.421. The molecule has 0 saturated heterocycles. The highest BCUT2D eigenvalue weighted by Gasteiger charge is 2.12. The lowest BCUT2D eigenvalue weighted by Crippen LogP contribution is -1.93. The van der Waals surface area contributed by atoms with Crippen LogP contribution >= 0.6 is 0 Å². The van der Waals surface area contributed by atoms with Crippen molar-refractivity contribution >= 4 is 16.6 Å². The summed E-state index contributed by atoms with van der Waals surface area (Å²) in [5.74, 6) is 2.50. The molecule has 0 aliphatic carbocycles. The molecule has 4 nitrogen and oxygen atoms in total. The van der Waals surface area contributed by atoms with Crippen LogP contribution in [0.5, 0.6) is 0 Å². The zero-order valence-electron chi connectivity index (χ0n) is 7.88. The highest BCUT2D eigenvalue weighted by atomic mass is 16.6. The van der Waals surface area contributed by atoms with Gasteiger partial charge in [-0.05, 0) is 12.1 Å². The molecule has 15 heavy (non-hydrogen) atoms. The number of nitro benzene ring substituents is 1. The molecule has 0 fully saturated rings. The van der Waals surface area contributed by atoms with Gasteiger partial charge in [0.15, 0.2) is 0 Å². The van der Waals surface area contributed by atoms with Gasteiger partial charge in [-0.2, -0.15) is 0 Å². The van der Waals surface area contributed by atoms with Gasteiger partial charge in [-0.25, -0.2) is 0 Å². The Kier molecular flexibility index (Phi) is 2.14. The van der Waals surface area contributed by atoms with Gasteiger partial charge in [-0.1, -0.05) is 12.0 Å². The summed E-state index contributed by atoms with van der Waals surface area (Å²) < 4.78 is 1.81. The Morgan fingerprint density at radius 3 is 2.93 bits per heavy atom. The molecule has 2 aromatic rings. The molecular formula is C11H8N2O2. The van der Waals surface area contributed by atoms with Gasteiger partial charge in [0.05, 0.1) is 22.4 Å². The predicted molar refractivity (Wildman–Crippen MR) is 57.4 cm³/mol. The Morgan fingerprint density at radius 1 is 1.47 bits per heavy atom. The maximum absolute atomic E-state index is 10.7. The number of benzene rings is 1. The lowest BCUT2D eigenvalue weighted by molar-refractivity contribution is -0.383. The number of nitro groups is 1. The summed E-state index contributed by atoms with van der Waals surface area (Å²) in [7, 11) is 0. The van der Waals surface area contributed by atoms with E-state index in [9.17, 15) is 10.1 Å². The summed E-state index contributed by atoms with van der Waals surface area (Å²) in [6, 6.07) is 6.68. The number of rotatable bonds is 2. The predicted octanol–water partition coefficient (Wildman–Crippen LogP) is 2.18. The van der Waals surface area contributed by atoms with E-state index >= 15 is 0 Å². The van der Waals surface area contributed by atoms with Crippen molar-refractivity contribution in [2.75, 3.05) is 0 Å². The van der Waals surface area contributed by atoms with Crippen LogP contribution in [0.3, 0.4) is 0 Å². The summed E-state index contributed by atoms with van der Waals surface area (Å²) in [5, 5.41) is 11.4. The molecule has 74 valence electrons. The smallest absolute Gasteiger partial charge is 0.278 e. The van der Waals surface area contributed by atoms with Gasteiger partial charge in [0.2, 0.25) is 0 Å². The molecule has 0 atom stereocenters. The van der Waals surface area contributed by atoms with Gasteiger partial charge < -0.3 is 4.57 Å². The average molecular weight is 200 g/mol. The molecule has 0 N–H and O–H groups in total. The second kappa shape index (κ2) is 3.46. The van der Waals surface area contributed by atoms with Crippen LogP contribution in [0.15, 0.2) is 30.5 Å². The summed E-state index contributed by atoms with van der Waals surface area (Å²) in [6.07, 6.45) is 6.97. The first kappa shape index (κ1) is 9.28. The van der Waals surface area contributed by atoms with E-state index in [1.807, 2.05) is 10.6 Å². The van der Waals surface area contributed by atoms with Gasteiger partial charge in [-0.3, -0.25) is 10.1 Å². The maximum Gasteiger partial charge on any atom is 0.278 e. The highest BCUT2D eigenvalue weighted by molar-refractivity contribution is 5.89. The van der Waals surface area contributed by atoms with Crippen LogP contribution in [-0.2, 0) is 6.54 Å². The van der Waals surface area contributed by atoms with Gasteiger partial charge in [0, 0.05) is 12.3 Å². The minimum Gasteiger partial charge on any atom is -0.336 e. The molecule has 0 radical (unpaired) electrons. The SMILES string of the molecule is C#CCn1ccc2c([N+](=O)[O-])cccc21. The molecule has 0 unspecified atom stereocenters. The minimum absolute atomic E-state index is 0.114. The number of hydrogen-bond donors (Lipinski definition) is 0. The van der Waals surface area contributed by atoms with Crippen LogP contribution in [0.25, 0.3) is 10.9 Å². The molecule has 1 aromatic carbocycles. The molecule has 2 rings (SSSR count). The van der Waals surface area contributed by atoms with Crippen LogP contribution in [0.4, 0.5) is 5.69 Å². The monoisotopic (exact) mass is 200 g/mol. The van der Waals surface area contributed by atoms with Crippen LogP contribution in [0.1, 0.15) is 0 Å². The summed E-state index contributed by atoms with van der Waals surface area (Å²) >= 11 is 0. The van der Waals surface area contributed by atoms with E-state index in [1.165, 1.54) is 6.07 Å². The van der Waals surface area contributed by atoms with E-state index in [2.05, 4.69) is 5.92 Å². The highest BCUT2D eigenvalue weighted by Crippen LogP contribution is 2.25. The van der Waals surface area contributed by atoms with Gasteiger partial charge in [-0.15, -0.1) is 6.42 Å². The lowest BCUT2D eigenvalue weighted by atomic mass is 10.2. The quantitative estimate of drug-likeness (QED) is 0.423. The number of terminal acetylenes is 1. The molecular weight excluding hydrogens is 192 g/mol. The number of nitrogens with zero attached hydrogens (tertiary/aromatic N) is 2. The van der Waals surface area contributed by atoms with E-state index in [0.29, 0.717) is 11.9 Å². The maximum atomic E-state index is 10.7. The van der Waals surface area contributed by atoms with Crippen LogP contribution in [0, 0.1) is 22.5 Å². The summed E-state index contributed by atoms with van der Waals surface area (Å²) in [5.41, 5.74) is 0.908. The second-order valence-corrected chi connectivity index (χ2v) is 3.11. The normalized spacial score (nSPS) is 10.1. The minimum atomic E-state index is -0.386. The first-order chi connectivity index (χ1) is 7.24. The molecule has 1 aromatic heterocycles. The van der Waals surface area contributed by atoms with Crippen molar-refractivity contribution in [3.05, 3.63) is 40.6 Å². The Labute approximate surface area is 86.3 Å². The molecule has 0 saturated carbocycles. The van der Waals surface area contributed by atoms with E-state index in [0.717, 1.165) is 5.52 Å². The van der Waals surface area contributed by atoms with Crippen molar-refractivity contribution in [3.8, 4) is 12.3 Å². The molecule has 0 amide bonds. The first-order valence-electron chi connectivity index (χ1n) is 4.40. The van der Waals surface area contributed by atoms with Gasteiger partial charge in [0.25, 0.3) is 5.69 Å². The van der Waals surface area contributed by atoms with Gasteiger partial charge >= 0.3 is 0 Å². The third kappa shape index (κ3) is 1.44. The molecule has 0 bridgehead atoms. The Balaban J connectivity index is 2.70. The van der Waals surface area contributed by atoms with Crippen molar-refractivity contribution in [2.45, 2.75) is 6.54 Å². The first-order valence-corrected chi connectivity index (χ1v) is 4.40. The van der Waals surface area contributed by atoms with Crippen molar-refractivity contribution in [3.63, 3.8) is 0 Å². The van der Waals surface area contributed by atoms with Crippen molar-refractivity contribution in [2.24, 2.45) is 0 Å². The number of hydrogen-bond acceptors (Lipinski definition) is 2. The van der Waals surface area contributed by atoms with E-state index in [1.54, 1.807) is 18.3 Å². The Hall–Kier alpha value is -2.28. The number of fused-ring (bicyclic) bond motifs is 1. The number of aromatic nitrogens is 1. The average Bonchev–Trinajstić information content (AvgIpc) is 2.62. The molecule has 0 spiro atoms. The van der Waals surface area contributed by atoms with Crippen LogP contribution in [-0.4, -0.2) is 9.49 Å². The van der Waals surface area contributed by atoms with E-state index < -0.39 is 0 Å². The Morgan fingerprint density at radius 2 is 2.27 bits per heavy atom. The fraction of sp³-hybridized carbons (Fsp3) is 0.0909. The largest absolute Gasteiger partial charge is 0.336 e. The van der Waals surface area contributed by atoms with Gasteiger partial charge in [0.1, 0.15) is 0 Å². The fourth-order valence-electron chi connectivity index (χ4n) is 1.60. The standard InChI is InChI=1S/C11H8N2O2/c1-2-7-12-8-6-9-10(12)4-3-5-11(9)13(14)15/h1,3-6,8H,7H2. The summed E-state index contributed by atoms with van der Waals surface area (Å²) in [4.78, 5) is 10.4. The topological polar surface area (TPSA) is 48.1 Å². The van der Waals surface area contributed by atoms with E-state index in [4.69, 9.17) is 6.42 Å². The van der Waals surface area contributed by atoms with E-state index in [-0.39, 0.29) is 10.6 Å². The third-order valence-electron chi connectivity index (χ3n) is 2.25. The zero-order chi connectivity index (χ0) is 10.8. The lowest BCUT2D eigenvalue weighted by Gasteiger charge is -1.99. The zero-order valence-corrected chi connectivity index (χ0v) is 7.88. The molecule has 4 heteroatoms. The second-order valence-electron chi connectivity index (χ2n) is 3.11. The van der Waals surface area contributed by atoms with Crippen molar-refractivity contribution in [1.82, 2.24) is 4.57 Å². The van der Waals surface area contributed by atoms with Crippen LogP contribution < -0.4 is 0 Å². The van der Waals surface area contributed by atoms with Crippen molar-refractivity contribution in [1.29, 1.82) is 0 Å².